The van der Waals surface area contributed by atoms with Crippen LogP contribution in [0.25, 0.3) is 10.2 Å². The molecule has 0 saturated carbocycles. The predicted octanol–water partition coefficient (Wildman–Crippen LogP) is 3.07. The molecule has 4 rings (SSSR count). The molecular formula is C20H21N3O4S. The van der Waals surface area contributed by atoms with Gasteiger partial charge in [-0.25, -0.2) is 4.98 Å². The quantitative estimate of drug-likeness (QED) is 0.713. The smallest absolute Gasteiger partial charge is 0.262 e. The largest absolute Gasteiger partial charge is 0.454 e. The van der Waals surface area contributed by atoms with E-state index in [4.69, 9.17) is 9.47 Å². The minimum atomic E-state index is -0.180. The molecule has 0 bridgehead atoms. The lowest BCUT2D eigenvalue weighted by atomic mass is 10.1. The van der Waals surface area contributed by atoms with Crippen LogP contribution in [0.4, 0.5) is 0 Å². The van der Waals surface area contributed by atoms with Crippen LogP contribution < -0.4 is 20.3 Å². The summed E-state index contributed by atoms with van der Waals surface area (Å²) in [4.78, 5) is 31.3. The maximum absolute atomic E-state index is 12.7. The number of hydrogen-bond acceptors (Lipinski definition) is 6. The minimum Gasteiger partial charge on any atom is -0.454 e. The number of benzene rings is 1. The number of nitrogens with zero attached hydrogens (tertiary/aromatic N) is 2. The standard InChI is InChI=1S/C20H21N3O4S/c1-11-13(3)28-19-18(11)20(25)23(9-21-19)7-6-17(24)22-12(2)14-4-5-15-16(8-14)27-10-26-15/h4-5,8-9,12H,6-7,10H2,1-3H3,(H,22,24)/t12-/m0/s1. The summed E-state index contributed by atoms with van der Waals surface area (Å²) in [7, 11) is 0. The molecule has 0 spiro atoms. The van der Waals surface area contributed by atoms with E-state index in [1.807, 2.05) is 39.0 Å². The SMILES string of the molecule is Cc1sc2ncn(CCC(=O)N[C@@H](C)c3ccc4c(c3)OCO4)c(=O)c2c1C. The second kappa shape index (κ2) is 7.27. The lowest BCUT2D eigenvalue weighted by Crippen LogP contribution is -2.29. The molecule has 3 aromatic rings. The topological polar surface area (TPSA) is 82.5 Å². The van der Waals surface area contributed by atoms with Crippen LogP contribution in [0.2, 0.25) is 0 Å². The van der Waals surface area contributed by atoms with E-state index >= 15 is 0 Å². The van der Waals surface area contributed by atoms with Gasteiger partial charge in [0.05, 0.1) is 17.8 Å². The van der Waals surface area contributed by atoms with Gasteiger partial charge in [-0.1, -0.05) is 6.07 Å². The summed E-state index contributed by atoms with van der Waals surface area (Å²) in [6, 6.07) is 5.44. The number of carbonyl (C=O) groups excluding carboxylic acids is 1. The highest BCUT2D eigenvalue weighted by Gasteiger charge is 2.17. The van der Waals surface area contributed by atoms with Crippen molar-refractivity contribution in [2.45, 2.75) is 39.8 Å². The first-order chi connectivity index (χ1) is 13.4. The molecule has 1 atom stereocenters. The third kappa shape index (κ3) is 3.35. The fourth-order valence-corrected chi connectivity index (χ4v) is 4.22. The number of aromatic nitrogens is 2. The van der Waals surface area contributed by atoms with E-state index in [1.54, 1.807) is 0 Å². The molecule has 1 aliphatic rings. The maximum atomic E-state index is 12.7. The molecule has 1 aliphatic heterocycles. The van der Waals surface area contributed by atoms with E-state index in [2.05, 4.69) is 10.3 Å². The van der Waals surface area contributed by atoms with Crippen molar-refractivity contribution in [1.82, 2.24) is 14.9 Å². The number of aryl methyl sites for hydroxylation is 3. The third-order valence-electron chi connectivity index (χ3n) is 5.01. The zero-order valence-electron chi connectivity index (χ0n) is 15.9. The Bertz CT molecular complexity index is 1120. The Kier molecular flexibility index (Phi) is 4.80. The fraction of sp³-hybridized carbons (Fsp3) is 0.350. The average Bonchev–Trinajstić information content (AvgIpc) is 3.25. The number of amides is 1. The van der Waals surface area contributed by atoms with Crippen molar-refractivity contribution in [3.05, 3.63) is 50.9 Å². The first-order valence-electron chi connectivity index (χ1n) is 9.08. The lowest BCUT2D eigenvalue weighted by Gasteiger charge is -2.15. The van der Waals surface area contributed by atoms with Gasteiger partial charge in [0, 0.05) is 17.8 Å². The number of carbonyl (C=O) groups is 1. The van der Waals surface area contributed by atoms with Crippen LogP contribution in [0.1, 0.15) is 35.4 Å². The van der Waals surface area contributed by atoms with Gasteiger partial charge in [-0.15, -0.1) is 11.3 Å². The normalized spacial score (nSPS) is 13.7. The molecule has 7 nitrogen and oxygen atoms in total. The Labute approximate surface area is 165 Å². The number of thiophene rings is 1. The number of hydrogen-bond donors (Lipinski definition) is 1. The molecule has 0 unspecified atom stereocenters. The van der Waals surface area contributed by atoms with Gasteiger partial charge >= 0.3 is 0 Å². The van der Waals surface area contributed by atoms with Gasteiger partial charge in [0.25, 0.3) is 5.56 Å². The highest BCUT2D eigenvalue weighted by Crippen LogP contribution is 2.34. The fourth-order valence-electron chi connectivity index (χ4n) is 3.23. The van der Waals surface area contributed by atoms with Crippen LogP contribution in [-0.2, 0) is 11.3 Å². The Hall–Kier alpha value is -2.87. The van der Waals surface area contributed by atoms with Crippen molar-refractivity contribution in [2.24, 2.45) is 0 Å². The summed E-state index contributed by atoms with van der Waals surface area (Å²) in [5.41, 5.74) is 1.80. The van der Waals surface area contributed by atoms with E-state index < -0.39 is 0 Å². The van der Waals surface area contributed by atoms with E-state index in [1.165, 1.54) is 22.2 Å². The van der Waals surface area contributed by atoms with Crippen LogP contribution in [0.15, 0.2) is 29.3 Å². The van der Waals surface area contributed by atoms with Gasteiger partial charge in [-0.2, -0.15) is 0 Å². The minimum absolute atomic E-state index is 0.0940. The lowest BCUT2D eigenvalue weighted by molar-refractivity contribution is -0.121. The van der Waals surface area contributed by atoms with Gasteiger partial charge in [0.1, 0.15) is 4.83 Å². The van der Waals surface area contributed by atoms with Crippen molar-refractivity contribution >= 4 is 27.5 Å². The van der Waals surface area contributed by atoms with Gasteiger partial charge < -0.3 is 14.8 Å². The summed E-state index contributed by atoms with van der Waals surface area (Å²) in [5, 5.41) is 3.61. The zero-order chi connectivity index (χ0) is 19.8. The average molecular weight is 399 g/mol. The van der Waals surface area contributed by atoms with Crippen LogP contribution in [0.5, 0.6) is 11.5 Å². The van der Waals surface area contributed by atoms with Crippen molar-refractivity contribution in [3.8, 4) is 11.5 Å². The Morgan fingerprint density at radius 2 is 2.11 bits per heavy atom. The maximum Gasteiger partial charge on any atom is 0.262 e. The number of nitrogens with one attached hydrogen (secondary N) is 1. The number of rotatable bonds is 5. The molecular weight excluding hydrogens is 378 g/mol. The molecule has 146 valence electrons. The third-order valence-corrected chi connectivity index (χ3v) is 6.12. The molecule has 1 aromatic carbocycles. The molecule has 1 N–H and O–H groups in total. The zero-order valence-corrected chi connectivity index (χ0v) is 16.8. The molecule has 0 saturated heterocycles. The van der Waals surface area contributed by atoms with E-state index in [0.717, 1.165) is 20.8 Å². The molecule has 28 heavy (non-hydrogen) atoms. The second-order valence-electron chi connectivity index (χ2n) is 6.86. The van der Waals surface area contributed by atoms with Crippen LogP contribution in [0.3, 0.4) is 0 Å². The highest BCUT2D eigenvalue weighted by atomic mass is 32.1. The summed E-state index contributed by atoms with van der Waals surface area (Å²) in [5.74, 6) is 1.27. The molecule has 8 heteroatoms. The Morgan fingerprint density at radius 1 is 1.32 bits per heavy atom. The molecule has 2 aromatic heterocycles. The van der Waals surface area contributed by atoms with Crippen molar-refractivity contribution in [2.75, 3.05) is 6.79 Å². The van der Waals surface area contributed by atoms with Gasteiger partial charge in [-0.3, -0.25) is 14.2 Å². The Balaban J connectivity index is 1.42. The van der Waals surface area contributed by atoms with E-state index in [0.29, 0.717) is 16.9 Å². The summed E-state index contributed by atoms with van der Waals surface area (Å²) in [6.45, 7) is 6.33. The van der Waals surface area contributed by atoms with Crippen LogP contribution >= 0.6 is 11.3 Å². The first kappa shape index (κ1) is 18.5. The molecule has 0 fully saturated rings. The van der Waals surface area contributed by atoms with Gasteiger partial charge in [-0.05, 0) is 44.0 Å². The Morgan fingerprint density at radius 3 is 2.93 bits per heavy atom. The second-order valence-corrected chi connectivity index (χ2v) is 8.06. The van der Waals surface area contributed by atoms with E-state index in [9.17, 15) is 9.59 Å². The molecule has 3 heterocycles. The summed E-state index contributed by atoms with van der Waals surface area (Å²) >= 11 is 1.52. The van der Waals surface area contributed by atoms with Crippen molar-refractivity contribution in [1.29, 1.82) is 0 Å². The van der Waals surface area contributed by atoms with Gasteiger partial charge in [0.2, 0.25) is 12.7 Å². The highest BCUT2D eigenvalue weighted by molar-refractivity contribution is 7.18. The summed E-state index contributed by atoms with van der Waals surface area (Å²) < 4.78 is 12.2. The molecule has 0 radical (unpaired) electrons. The van der Waals surface area contributed by atoms with Gasteiger partial charge in [0.15, 0.2) is 11.5 Å². The number of fused-ring (bicyclic) bond motifs is 2. The van der Waals surface area contributed by atoms with Crippen molar-refractivity contribution in [3.63, 3.8) is 0 Å². The van der Waals surface area contributed by atoms with E-state index in [-0.39, 0.29) is 37.3 Å². The van der Waals surface area contributed by atoms with Crippen molar-refractivity contribution < 1.29 is 14.3 Å². The van der Waals surface area contributed by atoms with Crippen LogP contribution in [0, 0.1) is 13.8 Å². The number of ether oxygens (including phenoxy) is 2. The molecule has 0 aliphatic carbocycles. The summed E-state index contributed by atoms with van der Waals surface area (Å²) in [6.07, 6.45) is 1.72. The molecule has 1 amide bonds. The van der Waals surface area contributed by atoms with Crippen LogP contribution in [-0.4, -0.2) is 22.3 Å². The predicted molar refractivity (Wildman–Crippen MR) is 107 cm³/mol. The first-order valence-corrected chi connectivity index (χ1v) is 9.89. The monoisotopic (exact) mass is 399 g/mol.